The lowest BCUT2D eigenvalue weighted by atomic mass is 10.1. The van der Waals surface area contributed by atoms with Crippen LogP contribution in [0.1, 0.15) is 15.9 Å². The number of para-hydroxylation sites is 1. The summed E-state index contributed by atoms with van der Waals surface area (Å²) in [5.41, 5.74) is 2.71. The lowest BCUT2D eigenvalue weighted by Gasteiger charge is -2.05. The number of carbonyl (C=O) groups excluding carboxylic acids is 1. The molecule has 1 heterocycles. The summed E-state index contributed by atoms with van der Waals surface area (Å²) < 4.78 is 0. The molecule has 0 aliphatic rings. The van der Waals surface area contributed by atoms with Gasteiger partial charge in [0.1, 0.15) is 11.0 Å². The van der Waals surface area contributed by atoms with Crippen molar-refractivity contribution in [1.82, 2.24) is 15.2 Å². The Kier molecular flexibility index (Phi) is 2.72. The summed E-state index contributed by atoms with van der Waals surface area (Å²) in [5.74, 6) is -0.450. The number of hydrogen-bond acceptors (Lipinski definition) is 4. The molecule has 0 saturated carbocycles. The number of aryl methyl sites for hydroxylation is 1. The third-order valence-electron chi connectivity index (χ3n) is 2.86. The fourth-order valence-electron chi connectivity index (χ4n) is 1.84. The van der Waals surface area contributed by atoms with Gasteiger partial charge < -0.3 is 4.84 Å². The monoisotopic (exact) mass is 253 g/mol. The number of fused-ring (bicyclic) bond motifs is 1. The highest BCUT2D eigenvalue weighted by Crippen LogP contribution is 2.11. The molecule has 0 fully saturated rings. The Morgan fingerprint density at radius 1 is 1.11 bits per heavy atom. The third-order valence-corrected chi connectivity index (χ3v) is 2.86. The van der Waals surface area contributed by atoms with Crippen LogP contribution in [0.4, 0.5) is 0 Å². The minimum absolute atomic E-state index is 0.450. The van der Waals surface area contributed by atoms with E-state index in [2.05, 4.69) is 10.3 Å². The van der Waals surface area contributed by atoms with E-state index in [0.29, 0.717) is 16.6 Å². The van der Waals surface area contributed by atoms with Crippen LogP contribution in [-0.2, 0) is 0 Å². The van der Waals surface area contributed by atoms with Crippen LogP contribution in [-0.4, -0.2) is 21.1 Å². The molecule has 0 amide bonds. The van der Waals surface area contributed by atoms with E-state index in [1.165, 1.54) is 0 Å². The molecular formula is C14H11N3O2. The van der Waals surface area contributed by atoms with Crippen molar-refractivity contribution in [3.05, 3.63) is 59.7 Å². The van der Waals surface area contributed by atoms with E-state index in [1.54, 1.807) is 24.3 Å². The fraction of sp³-hybridized carbons (Fsp3) is 0.0714. The topological polar surface area (TPSA) is 57.0 Å². The first kappa shape index (κ1) is 11.4. The standard InChI is InChI=1S/C14H11N3O2/c1-10-6-2-3-7-11(10)14(18)19-17-13-9-5-4-8-12(13)15-16-17/h2-9H,1H3. The molecule has 1 aromatic heterocycles. The van der Waals surface area contributed by atoms with E-state index in [4.69, 9.17) is 4.84 Å². The zero-order valence-corrected chi connectivity index (χ0v) is 10.3. The number of nitrogens with zero attached hydrogens (tertiary/aromatic N) is 3. The van der Waals surface area contributed by atoms with Crippen molar-refractivity contribution in [2.24, 2.45) is 0 Å². The maximum absolute atomic E-state index is 12.1. The molecular weight excluding hydrogens is 242 g/mol. The van der Waals surface area contributed by atoms with Crippen LogP contribution in [0.2, 0.25) is 0 Å². The van der Waals surface area contributed by atoms with Crippen LogP contribution < -0.4 is 4.84 Å². The summed E-state index contributed by atoms with van der Waals surface area (Å²) in [7, 11) is 0. The van der Waals surface area contributed by atoms with Crippen molar-refractivity contribution in [3.8, 4) is 0 Å². The maximum atomic E-state index is 12.1. The van der Waals surface area contributed by atoms with Crippen LogP contribution in [0.5, 0.6) is 0 Å². The maximum Gasteiger partial charge on any atom is 0.366 e. The number of aromatic nitrogens is 3. The summed E-state index contributed by atoms with van der Waals surface area (Å²) in [6.07, 6.45) is 0. The minimum atomic E-state index is -0.450. The molecule has 5 heteroatoms. The second-order valence-electron chi connectivity index (χ2n) is 4.14. The van der Waals surface area contributed by atoms with Crippen molar-refractivity contribution >= 4 is 17.0 Å². The molecule has 3 rings (SSSR count). The van der Waals surface area contributed by atoms with Gasteiger partial charge in [-0.15, -0.1) is 5.10 Å². The molecule has 0 N–H and O–H groups in total. The van der Waals surface area contributed by atoms with Crippen molar-refractivity contribution < 1.29 is 9.63 Å². The first-order chi connectivity index (χ1) is 9.25. The summed E-state index contributed by atoms with van der Waals surface area (Å²) >= 11 is 0. The van der Waals surface area contributed by atoms with Gasteiger partial charge in [0.15, 0.2) is 0 Å². The Balaban J connectivity index is 1.94. The fourth-order valence-corrected chi connectivity index (χ4v) is 1.84. The van der Waals surface area contributed by atoms with E-state index < -0.39 is 5.97 Å². The van der Waals surface area contributed by atoms with Crippen molar-refractivity contribution in [2.75, 3.05) is 0 Å². The second-order valence-corrected chi connectivity index (χ2v) is 4.14. The molecule has 2 aromatic carbocycles. The lowest BCUT2D eigenvalue weighted by Crippen LogP contribution is -2.21. The first-order valence-corrected chi connectivity index (χ1v) is 5.84. The van der Waals surface area contributed by atoms with Gasteiger partial charge in [-0.1, -0.05) is 35.2 Å². The molecule has 0 atom stereocenters. The van der Waals surface area contributed by atoms with Crippen LogP contribution in [0.25, 0.3) is 11.0 Å². The van der Waals surface area contributed by atoms with Gasteiger partial charge in [0.25, 0.3) is 0 Å². The van der Waals surface area contributed by atoms with Crippen LogP contribution in [0.3, 0.4) is 0 Å². The predicted octanol–water partition coefficient (Wildman–Crippen LogP) is 2.01. The van der Waals surface area contributed by atoms with E-state index in [-0.39, 0.29) is 0 Å². The number of carbonyl (C=O) groups is 1. The quantitative estimate of drug-likeness (QED) is 0.655. The number of rotatable bonds is 2. The third kappa shape index (κ3) is 2.06. The van der Waals surface area contributed by atoms with E-state index in [0.717, 1.165) is 10.4 Å². The smallest absolute Gasteiger partial charge is 0.312 e. The lowest BCUT2D eigenvalue weighted by molar-refractivity contribution is 0.0408. The highest BCUT2D eigenvalue weighted by atomic mass is 16.7. The predicted molar refractivity (Wildman–Crippen MR) is 69.6 cm³/mol. The molecule has 0 aliphatic carbocycles. The highest BCUT2D eigenvalue weighted by Gasteiger charge is 2.13. The molecule has 0 aliphatic heterocycles. The molecule has 94 valence electrons. The van der Waals surface area contributed by atoms with Crippen molar-refractivity contribution in [1.29, 1.82) is 0 Å². The van der Waals surface area contributed by atoms with Crippen LogP contribution >= 0.6 is 0 Å². The van der Waals surface area contributed by atoms with Gasteiger partial charge >= 0.3 is 5.97 Å². The van der Waals surface area contributed by atoms with Gasteiger partial charge in [-0.25, -0.2) is 4.79 Å². The van der Waals surface area contributed by atoms with E-state index >= 15 is 0 Å². The van der Waals surface area contributed by atoms with Gasteiger partial charge in [0.2, 0.25) is 0 Å². The van der Waals surface area contributed by atoms with Crippen LogP contribution in [0.15, 0.2) is 48.5 Å². The Labute approximate surface area is 109 Å². The Hall–Kier alpha value is -2.69. The summed E-state index contributed by atoms with van der Waals surface area (Å²) in [6, 6.07) is 14.5. The molecule has 19 heavy (non-hydrogen) atoms. The Morgan fingerprint density at radius 3 is 2.68 bits per heavy atom. The largest absolute Gasteiger partial charge is 0.366 e. The molecule has 0 unspecified atom stereocenters. The average molecular weight is 253 g/mol. The van der Waals surface area contributed by atoms with Gasteiger partial charge in [0.05, 0.1) is 5.56 Å². The van der Waals surface area contributed by atoms with Crippen molar-refractivity contribution in [3.63, 3.8) is 0 Å². The zero-order chi connectivity index (χ0) is 13.2. The van der Waals surface area contributed by atoms with Gasteiger partial charge in [-0.3, -0.25) is 0 Å². The summed E-state index contributed by atoms with van der Waals surface area (Å²) in [4.78, 5) is 18.4. The normalized spacial score (nSPS) is 10.6. The first-order valence-electron chi connectivity index (χ1n) is 5.84. The Bertz CT molecular complexity index is 749. The number of hydrogen-bond donors (Lipinski definition) is 0. The molecule has 0 bridgehead atoms. The number of benzene rings is 2. The minimum Gasteiger partial charge on any atom is -0.312 e. The summed E-state index contributed by atoms with van der Waals surface area (Å²) in [5, 5.41) is 7.74. The zero-order valence-electron chi connectivity index (χ0n) is 10.3. The average Bonchev–Trinajstić information content (AvgIpc) is 2.83. The van der Waals surface area contributed by atoms with Gasteiger partial charge in [-0.2, -0.15) is 0 Å². The van der Waals surface area contributed by atoms with Crippen LogP contribution in [0, 0.1) is 6.92 Å². The van der Waals surface area contributed by atoms with Gasteiger partial charge in [-0.05, 0) is 35.9 Å². The van der Waals surface area contributed by atoms with Gasteiger partial charge in [0, 0.05) is 0 Å². The molecule has 0 saturated heterocycles. The molecule has 5 nitrogen and oxygen atoms in total. The summed E-state index contributed by atoms with van der Waals surface area (Å²) in [6.45, 7) is 1.86. The SMILES string of the molecule is Cc1ccccc1C(=O)On1nnc2ccccc21. The van der Waals surface area contributed by atoms with Crippen molar-refractivity contribution in [2.45, 2.75) is 6.92 Å². The second kappa shape index (κ2) is 4.53. The molecule has 0 spiro atoms. The van der Waals surface area contributed by atoms with E-state index in [1.807, 2.05) is 31.2 Å². The van der Waals surface area contributed by atoms with E-state index in [9.17, 15) is 4.79 Å². The molecule has 3 aromatic rings. The molecule has 0 radical (unpaired) electrons. The Morgan fingerprint density at radius 2 is 1.84 bits per heavy atom. The highest BCUT2D eigenvalue weighted by molar-refractivity contribution is 5.91.